The van der Waals surface area contributed by atoms with E-state index >= 15 is 0 Å². The maximum atomic E-state index is 11.1. The molecule has 1 aromatic carbocycles. The number of carbonyl (C=O) groups is 1. The molecular formula is C17H24N2O2. The summed E-state index contributed by atoms with van der Waals surface area (Å²) in [6.07, 6.45) is 3.95. The van der Waals surface area contributed by atoms with Gasteiger partial charge in [0.1, 0.15) is 0 Å². The average Bonchev–Trinajstić information content (AvgIpc) is 2.46. The van der Waals surface area contributed by atoms with Crippen molar-refractivity contribution in [3.05, 3.63) is 29.3 Å². The van der Waals surface area contributed by atoms with Crippen LogP contribution in [0, 0.1) is 6.92 Å². The van der Waals surface area contributed by atoms with Crippen LogP contribution in [-0.4, -0.2) is 47.7 Å². The number of benzene rings is 1. The second-order valence-electron chi connectivity index (χ2n) is 6.45. The van der Waals surface area contributed by atoms with Gasteiger partial charge < -0.3 is 10.0 Å². The first kappa shape index (κ1) is 14.4. The SMILES string of the molecule is Cc1cc(N2CC3CCCCN3CC2C)ccc1C(=O)O. The van der Waals surface area contributed by atoms with Gasteiger partial charge in [0.05, 0.1) is 5.56 Å². The molecule has 0 radical (unpaired) electrons. The molecule has 3 rings (SSSR count). The van der Waals surface area contributed by atoms with E-state index in [-0.39, 0.29) is 0 Å². The molecule has 0 bridgehead atoms. The van der Waals surface area contributed by atoms with Crippen molar-refractivity contribution in [1.29, 1.82) is 0 Å². The Balaban J connectivity index is 1.82. The Kier molecular flexibility index (Phi) is 3.89. The van der Waals surface area contributed by atoms with E-state index in [2.05, 4.69) is 16.7 Å². The third-order valence-corrected chi connectivity index (χ3v) is 4.96. The lowest BCUT2D eigenvalue weighted by molar-refractivity contribution is 0.0696. The van der Waals surface area contributed by atoms with E-state index < -0.39 is 5.97 Å². The Bertz CT molecular complexity index is 544. The first-order chi connectivity index (χ1) is 10.1. The fourth-order valence-corrected chi connectivity index (χ4v) is 3.78. The van der Waals surface area contributed by atoms with Crippen LogP contribution in [0.3, 0.4) is 0 Å². The third kappa shape index (κ3) is 2.77. The summed E-state index contributed by atoms with van der Waals surface area (Å²) in [7, 11) is 0. The average molecular weight is 288 g/mol. The number of carboxylic acid groups (broad SMARTS) is 1. The molecule has 2 aliphatic rings. The number of aryl methyl sites for hydroxylation is 1. The number of rotatable bonds is 2. The van der Waals surface area contributed by atoms with Gasteiger partial charge in [0, 0.05) is 30.9 Å². The van der Waals surface area contributed by atoms with Gasteiger partial charge in [0.15, 0.2) is 0 Å². The minimum absolute atomic E-state index is 0.405. The van der Waals surface area contributed by atoms with Crippen LogP contribution < -0.4 is 4.90 Å². The zero-order valence-corrected chi connectivity index (χ0v) is 12.9. The smallest absolute Gasteiger partial charge is 0.335 e. The highest BCUT2D eigenvalue weighted by atomic mass is 16.4. The lowest BCUT2D eigenvalue weighted by Crippen LogP contribution is -2.58. The van der Waals surface area contributed by atoms with Crippen molar-refractivity contribution < 1.29 is 9.90 Å². The summed E-state index contributed by atoms with van der Waals surface area (Å²) in [5.74, 6) is -0.843. The molecule has 0 aliphatic carbocycles. The van der Waals surface area contributed by atoms with Gasteiger partial charge in [0.2, 0.25) is 0 Å². The van der Waals surface area contributed by atoms with Crippen molar-refractivity contribution in [2.24, 2.45) is 0 Å². The molecule has 2 aliphatic heterocycles. The number of hydrogen-bond donors (Lipinski definition) is 1. The molecule has 114 valence electrons. The third-order valence-electron chi connectivity index (χ3n) is 4.96. The van der Waals surface area contributed by atoms with Crippen LogP contribution >= 0.6 is 0 Å². The largest absolute Gasteiger partial charge is 0.478 e. The van der Waals surface area contributed by atoms with E-state index in [1.807, 2.05) is 19.1 Å². The molecule has 2 saturated heterocycles. The monoisotopic (exact) mass is 288 g/mol. The van der Waals surface area contributed by atoms with E-state index in [4.69, 9.17) is 5.11 Å². The Labute approximate surface area is 126 Å². The lowest BCUT2D eigenvalue weighted by Gasteiger charge is -2.48. The molecule has 1 N–H and O–H groups in total. The van der Waals surface area contributed by atoms with E-state index in [1.54, 1.807) is 6.07 Å². The normalized spacial score (nSPS) is 26.5. The summed E-state index contributed by atoms with van der Waals surface area (Å²) in [6, 6.07) is 6.88. The number of nitrogens with zero attached hydrogens (tertiary/aromatic N) is 2. The van der Waals surface area contributed by atoms with Crippen molar-refractivity contribution in [3.63, 3.8) is 0 Å². The summed E-state index contributed by atoms with van der Waals surface area (Å²) in [6.45, 7) is 7.57. The Hall–Kier alpha value is -1.55. The topological polar surface area (TPSA) is 43.8 Å². The summed E-state index contributed by atoms with van der Waals surface area (Å²) < 4.78 is 0. The number of aromatic carboxylic acids is 1. The lowest BCUT2D eigenvalue weighted by atomic mass is 9.96. The van der Waals surface area contributed by atoms with Crippen LogP contribution in [0.25, 0.3) is 0 Å². The van der Waals surface area contributed by atoms with E-state index in [0.717, 1.165) is 24.3 Å². The Morgan fingerprint density at radius 3 is 2.81 bits per heavy atom. The summed E-state index contributed by atoms with van der Waals surface area (Å²) >= 11 is 0. The van der Waals surface area contributed by atoms with Gasteiger partial charge in [-0.3, -0.25) is 4.90 Å². The fourth-order valence-electron chi connectivity index (χ4n) is 3.78. The number of fused-ring (bicyclic) bond motifs is 1. The van der Waals surface area contributed by atoms with Crippen molar-refractivity contribution in [2.75, 3.05) is 24.5 Å². The van der Waals surface area contributed by atoms with Crippen molar-refractivity contribution in [2.45, 2.75) is 45.2 Å². The highest BCUT2D eigenvalue weighted by Gasteiger charge is 2.33. The first-order valence-electron chi connectivity index (χ1n) is 7.91. The van der Waals surface area contributed by atoms with Crippen molar-refractivity contribution >= 4 is 11.7 Å². The molecule has 4 heteroatoms. The van der Waals surface area contributed by atoms with Gasteiger partial charge in [0.25, 0.3) is 0 Å². The molecule has 2 unspecified atom stereocenters. The summed E-state index contributed by atoms with van der Waals surface area (Å²) in [4.78, 5) is 16.2. The Morgan fingerprint density at radius 1 is 1.29 bits per heavy atom. The van der Waals surface area contributed by atoms with Gasteiger partial charge in [-0.15, -0.1) is 0 Å². The zero-order chi connectivity index (χ0) is 15.0. The first-order valence-corrected chi connectivity index (χ1v) is 7.91. The van der Waals surface area contributed by atoms with E-state index in [0.29, 0.717) is 17.6 Å². The highest BCUT2D eigenvalue weighted by Crippen LogP contribution is 2.29. The summed E-state index contributed by atoms with van der Waals surface area (Å²) in [5.41, 5.74) is 2.41. The molecule has 21 heavy (non-hydrogen) atoms. The molecule has 2 atom stereocenters. The molecule has 4 nitrogen and oxygen atoms in total. The van der Waals surface area contributed by atoms with Crippen LogP contribution in [0.2, 0.25) is 0 Å². The van der Waals surface area contributed by atoms with Crippen molar-refractivity contribution in [1.82, 2.24) is 4.90 Å². The minimum atomic E-state index is -0.843. The number of piperidine rings is 1. The second-order valence-corrected chi connectivity index (χ2v) is 6.45. The predicted molar refractivity (Wildman–Crippen MR) is 84.2 cm³/mol. The van der Waals surface area contributed by atoms with E-state index in [1.165, 1.54) is 25.8 Å². The van der Waals surface area contributed by atoms with Crippen LogP contribution in [0.5, 0.6) is 0 Å². The van der Waals surface area contributed by atoms with Crippen LogP contribution in [-0.2, 0) is 0 Å². The fraction of sp³-hybridized carbons (Fsp3) is 0.588. The Morgan fingerprint density at radius 2 is 2.10 bits per heavy atom. The maximum Gasteiger partial charge on any atom is 0.335 e. The van der Waals surface area contributed by atoms with Crippen molar-refractivity contribution in [3.8, 4) is 0 Å². The number of carboxylic acids is 1. The quantitative estimate of drug-likeness (QED) is 0.909. The van der Waals surface area contributed by atoms with Gasteiger partial charge in [-0.05, 0) is 57.0 Å². The molecule has 2 fully saturated rings. The van der Waals surface area contributed by atoms with Gasteiger partial charge in [-0.2, -0.15) is 0 Å². The number of hydrogen-bond acceptors (Lipinski definition) is 3. The molecule has 2 heterocycles. The molecule has 0 spiro atoms. The van der Waals surface area contributed by atoms with Gasteiger partial charge in [-0.25, -0.2) is 4.79 Å². The molecule has 0 amide bonds. The highest BCUT2D eigenvalue weighted by molar-refractivity contribution is 5.89. The molecular weight excluding hydrogens is 264 g/mol. The maximum absolute atomic E-state index is 11.1. The predicted octanol–water partition coefficient (Wildman–Crippen LogP) is 2.76. The number of anilines is 1. The number of piperazine rings is 1. The van der Waals surface area contributed by atoms with Gasteiger partial charge in [-0.1, -0.05) is 6.42 Å². The zero-order valence-electron chi connectivity index (χ0n) is 12.9. The molecule has 0 saturated carbocycles. The van der Waals surface area contributed by atoms with Crippen LogP contribution in [0.4, 0.5) is 5.69 Å². The standard InChI is InChI=1S/C17H24N2O2/c1-12-9-14(6-7-16(12)17(20)21)19-11-15-5-3-4-8-18(15)10-13(19)2/h6-7,9,13,15H,3-5,8,10-11H2,1-2H3,(H,20,21). The summed E-state index contributed by atoms with van der Waals surface area (Å²) in [5, 5.41) is 9.15. The molecule has 1 aromatic rings. The minimum Gasteiger partial charge on any atom is -0.478 e. The molecule has 0 aromatic heterocycles. The van der Waals surface area contributed by atoms with Gasteiger partial charge >= 0.3 is 5.97 Å². The second kappa shape index (κ2) is 5.68. The van der Waals surface area contributed by atoms with Crippen LogP contribution in [0.15, 0.2) is 18.2 Å². The van der Waals surface area contributed by atoms with E-state index in [9.17, 15) is 4.79 Å². The van der Waals surface area contributed by atoms with Crippen LogP contribution in [0.1, 0.15) is 42.1 Å².